The molecule has 1 N–H and O–H groups in total. The summed E-state index contributed by atoms with van der Waals surface area (Å²) in [7, 11) is 1.77. The first kappa shape index (κ1) is 37.0. The minimum absolute atomic E-state index is 0.239. The number of ether oxygens (including phenoxy) is 3. The van der Waals surface area contributed by atoms with E-state index in [-0.39, 0.29) is 18.7 Å². The van der Waals surface area contributed by atoms with Crippen LogP contribution >= 0.6 is 11.6 Å². The largest absolute Gasteiger partial charge is 0.467 e. The van der Waals surface area contributed by atoms with Gasteiger partial charge in [-0.1, -0.05) is 37.3 Å². The van der Waals surface area contributed by atoms with Gasteiger partial charge in [-0.2, -0.15) is 0 Å². The summed E-state index contributed by atoms with van der Waals surface area (Å²) in [6.07, 6.45) is 0.132. The van der Waals surface area contributed by atoms with E-state index >= 15 is 0 Å². The van der Waals surface area contributed by atoms with Gasteiger partial charge in [0.25, 0.3) is 0 Å². The fourth-order valence-electron chi connectivity index (χ4n) is 5.63. The lowest BCUT2D eigenvalue weighted by molar-refractivity contribution is -0.145. The van der Waals surface area contributed by atoms with E-state index in [4.69, 9.17) is 35.8 Å². The summed E-state index contributed by atoms with van der Waals surface area (Å²) in [5, 5.41) is 3.92. The maximum atomic E-state index is 13.0. The maximum absolute atomic E-state index is 13.0. The van der Waals surface area contributed by atoms with Gasteiger partial charge in [0.05, 0.1) is 35.5 Å². The average molecular weight is 701 g/mol. The monoisotopic (exact) mass is 700 g/mol. The molecule has 0 saturated carbocycles. The van der Waals surface area contributed by atoms with Crippen molar-refractivity contribution in [3.63, 3.8) is 0 Å². The van der Waals surface area contributed by atoms with Crippen LogP contribution in [-0.4, -0.2) is 102 Å². The molecule has 2 aromatic heterocycles. The number of esters is 1. The number of methoxy groups -OCH3 is 1. The van der Waals surface area contributed by atoms with Gasteiger partial charge in [-0.15, -0.1) is 0 Å². The number of rotatable bonds is 11. The number of carbonyl (C=O) groups is 3. The molecule has 3 heterocycles. The number of pyridine rings is 1. The molecule has 0 spiro atoms. The summed E-state index contributed by atoms with van der Waals surface area (Å²) in [5.41, 5.74) is 2.32. The first-order chi connectivity index (χ1) is 22.5. The number of amides is 2. The lowest BCUT2D eigenvalue weighted by atomic mass is 10.1. The Kier molecular flexibility index (Phi) is 11.7. The maximum Gasteiger partial charge on any atom is 0.411 e. The summed E-state index contributed by atoms with van der Waals surface area (Å²) in [6, 6.07) is 9.20. The van der Waals surface area contributed by atoms with E-state index in [1.54, 1.807) is 32.7 Å². The normalized spacial score (nSPS) is 16.6. The molecule has 1 fully saturated rings. The minimum Gasteiger partial charge on any atom is -0.467 e. The molecule has 14 heteroatoms. The van der Waals surface area contributed by atoms with Gasteiger partial charge >= 0.3 is 18.2 Å². The third kappa shape index (κ3) is 9.40. The topological polar surface area (TPSA) is 128 Å². The summed E-state index contributed by atoms with van der Waals surface area (Å²) in [5.74, 6) is 0.890. The highest BCUT2D eigenvalue weighted by Crippen LogP contribution is 2.36. The number of fused-ring (bicyclic) bond motifs is 1. The number of halogens is 1. The third-order valence-electron chi connectivity index (χ3n) is 8.07. The lowest BCUT2D eigenvalue weighted by Crippen LogP contribution is -2.44. The zero-order valence-electron chi connectivity index (χ0n) is 29.6. The molecule has 1 aliphatic heterocycles. The van der Waals surface area contributed by atoms with Crippen LogP contribution in [0.15, 0.2) is 30.3 Å². The number of hydrogen-bond donors (Lipinski definition) is 1. The standard InChI is InChI=1S/C34H49ClN6O6Si/c1-22-36-26-15-14-24(35)29(30(26)40(22)17-11-16-39(5)32(43)46-18-19-48(7,8)9)25-12-10-13-28(38-25)37-23-20-27(31(42)45-6)41(21-23)33(44)47-34(2,3)4/h10,12-15,23,27H,11,16-21H2,1-9H3,(H,37,38)/t23-,27-/m0/s1. The fraction of sp³-hybridized carbons (Fsp3) is 0.559. The van der Waals surface area contributed by atoms with Crippen LogP contribution in [0.25, 0.3) is 22.3 Å². The molecule has 0 radical (unpaired) electrons. The fourth-order valence-corrected chi connectivity index (χ4v) is 6.59. The smallest absolute Gasteiger partial charge is 0.411 e. The van der Waals surface area contributed by atoms with Crippen LogP contribution < -0.4 is 5.32 Å². The first-order valence-corrected chi connectivity index (χ1v) is 20.4. The second-order valence-electron chi connectivity index (χ2n) is 14.5. The van der Waals surface area contributed by atoms with Crippen LogP contribution in [0.5, 0.6) is 0 Å². The molecule has 2 atom stereocenters. The number of hydrogen-bond acceptors (Lipinski definition) is 9. The Morgan fingerprint density at radius 3 is 2.52 bits per heavy atom. The number of nitrogens with one attached hydrogen (secondary N) is 1. The molecular formula is C34H49ClN6O6Si. The van der Waals surface area contributed by atoms with Gasteiger partial charge in [0, 0.05) is 52.8 Å². The van der Waals surface area contributed by atoms with Gasteiger partial charge in [-0.25, -0.2) is 24.4 Å². The molecule has 3 aromatic rings. The van der Waals surface area contributed by atoms with Crippen LogP contribution in [0, 0.1) is 6.92 Å². The predicted octanol–water partition coefficient (Wildman–Crippen LogP) is 6.82. The number of imidazole rings is 1. The van der Waals surface area contributed by atoms with Crippen LogP contribution in [0.3, 0.4) is 0 Å². The van der Waals surface area contributed by atoms with Gasteiger partial charge in [-0.05, 0) is 64.4 Å². The van der Waals surface area contributed by atoms with Gasteiger partial charge < -0.3 is 29.0 Å². The summed E-state index contributed by atoms with van der Waals surface area (Å²) in [4.78, 5) is 50.8. The first-order valence-electron chi connectivity index (χ1n) is 16.3. The number of aryl methyl sites for hydroxylation is 2. The third-order valence-corrected chi connectivity index (χ3v) is 10.1. The minimum atomic E-state index is -1.29. The average Bonchev–Trinajstić information content (AvgIpc) is 3.56. The Morgan fingerprint density at radius 1 is 1.12 bits per heavy atom. The van der Waals surface area contributed by atoms with Gasteiger partial charge in [0.15, 0.2) is 0 Å². The van der Waals surface area contributed by atoms with Gasteiger partial charge in [0.1, 0.15) is 23.3 Å². The molecule has 2 amide bonds. The predicted molar refractivity (Wildman–Crippen MR) is 190 cm³/mol. The number of carbonyl (C=O) groups excluding carboxylic acids is 3. The molecule has 262 valence electrons. The van der Waals surface area contributed by atoms with Crippen LogP contribution in [0.1, 0.15) is 39.4 Å². The number of aromatic nitrogens is 3. The Bertz CT molecular complexity index is 1630. The highest BCUT2D eigenvalue weighted by molar-refractivity contribution is 6.76. The molecule has 1 aromatic carbocycles. The van der Waals surface area contributed by atoms with Gasteiger partial charge in [-0.3, -0.25) is 4.90 Å². The molecule has 1 saturated heterocycles. The highest BCUT2D eigenvalue weighted by atomic mass is 35.5. The number of benzene rings is 1. The summed E-state index contributed by atoms with van der Waals surface area (Å²) in [6.45, 7) is 15.9. The van der Waals surface area contributed by atoms with E-state index in [9.17, 15) is 14.4 Å². The Hall–Kier alpha value is -3.84. The van der Waals surface area contributed by atoms with E-state index < -0.39 is 31.8 Å². The molecule has 0 bridgehead atoms. The van der Waals surface area contributed by atoms with Crippen molar-refractivity contribution in [2.24, 2.45) is 0 Å². The number of likely N-dealkylation sites (tertiary alicyclic amines) is 1. The number of nitrogens with zero attached hydrogens (tertiary/aromatic N) is 5. The molecule has 4 rings (SSSR count). The molecular weight excluding hydrogens is 652 g/mol. The molecule has 1 aliphatic rings. The van der Waals surface area contributed by atoms with Crippen molar-refractivity contribution in [3.8, 4) is 11.3 Å². The Balaban J connectivity index is 1.52. The van der Waals surface area contributed by atoms with E-state index in [0.29, 0.717) is 49.1 Å². The number of anilines is 1. The zero-order chi connectivity index (χ0) is 35.4. The Morgan fingerprint density at radius 2 is 1.85 bits per heavy atom. The van der Waals surface area contributed by atoms with E-state index in [0.717, 1.165) is 28.5 Å². The van der Waals surface area contributed by atoms with Crippen molar-refractivity contribution >= 4 is 54.7 Å². The zero-order valence-corrected chi connectivity index (χ0v) is 31.3. The molecule has 48 heavy (non-hydrogen) atoms. The van der Waals surface area contributed by atoms with E-state index in [1.165, 1.54) is 12.0 Å². The summed E-state index contributed by atoms with van der Waals surface area (Å²) >= 11 is 6.85. The van der Waals surface area contributed by atoms with Crippen molar-refractivity contribution in [1.29, 1.82) is 0 Å². The van der Waals surface area contributed by atoms with E-state index in [1.807, 2.05) is 37.3 Å². The summed E-state index contributed by atoms with van der Waals surface area (Å²) < 4.78 is 18.2. The van der Waals surface area contributed by atoms with E-state index in [2.05, 4.69) is 29.5 Å². The van der Waals surface area contributed by atoms with Crippen LogP contribution in [0.4, 0.5) is 15.4 Å². The van der Waals surface area contributed by atoms with Crippen LogP contribution in [0.2, 0.25) is 30.7 Å². The molecule has 0 unspecified atom stereocenters. The van der Waals surface area contributed by atoms with Crippen LogP contribution in [-0.2, 0) is 25.5 Å². The van der Waals surface area contributed by atoms with Gasteiger partial charge in [0.2, 0.25) is 0 Å². The van der Waals surface area contributed by atoms with Crippen molar-refractivity contribution in [3.05, 3.63) is 41.2 Å². The lowest BCUT2D eigenvalue weighted by Gasteiger charge is -2.27. The van der Waals surface area contributed by atoms with Crippen molar-refractivity contribution in [2.75, 3.05) is 39.2 Å². The highest BCUT2D eigenvalue weighted by Gasteiger charge is 2.42. The SMILES string of the molecule is COC(=O)[C@@H]1C[C@H](Nc2cccc(-c3c(Cl)ccc4nc(C)n(CCCN(C)C(=O)OCC[Si](C)(C)C)c34)n2)CN1C(=O)OC(C)(C)C. The quantitative estimate of drug-likeness (QED) is 0.130. The second-order valence-corrected chi connectivity index (χ2v) is 20.5. The molecule has 12 nitrogen and oxygen atoms in total. The van der Waals surface area contributed by atoms with Crippen molar-refractivity contribution < 1.29 is 28.6 Å². The van der Waals surface area contributed by atoms with Crippen molar-refractivity contribution in [1.82, 2.24) is 24.3 Å². The Labute approximate surface area is 289 Å². The second kappa shape index (κ2) is 15.1. The van der Waals surface area contributed by atoms with Crippen molar-refractivity contribution in [2.45, 2.75) is 90.5 Å². The molecule has 0 aliphatic carbocycles.